The van der Waals surface area contributed by atoms with Crippen LogP contribution >= 0.6 is 0 Å². The van der Waals surface area contributed by atoms with Gasteiger partial charge in [-0.1, -0.05) is 0 Å². The zero-order chi connectivity index (χ0) is 9.84. The maximum atomic E-state index is 2.62. The normalized spacial score (nSPS) is 16.1. The topological polar surface area (TPSA) is 3.24 Å². The molecule has 0 heterocycles. The van der Waals surface area contributed by atoms with Crippen molar-refractivity contribution in [2.45, 2.75) is 46.2 Å². The van der Waals surface area contributed by atoms with Crippen LogP contribution in [0.25, 0.3) is 0 Å². The van der Waals surface area contributed by atoms with Crippen molar-refractivity contribution in [2.24, 2.45) is 0 Å². The summed E-state index contributed by atoms with van der Waals surface area (Å²) >= 11 is 0.258. The Morgan fingerprint density at radius 1 is 1.23 bits per heavy atom. The summed E-state index contributed by atoms with van der Waals surface area (Å²) in [5.74, 6) is 0. The van der Waals surface area contributed by atoms with E-state index in [-0.39, 0.29) is 16.5 Å². The van der Waals surface area contributed by atoms with Gasteiger partial charge in [-0.2, -0.15) is 0 Å². The van der Waals surface area contributed by atoms with Crippen LogP contribution in [0.2, 0.25) is 0 Å². The Kier molecular flexibility index (Phi) is 4.31. The van der Waals surface area contributed by atoms with Gasteiger partial charge in [0.05, 0.1) is 0 Å². The molecule has 0 fully saturated rings. The van der Waals surface area contributed by atoms with Gasteiger partial charge in [0.1, 0.15) is 0 Å². The molecule has 0 aromatic heterocycles. The quantitative estimate of drug-likeness (QED) is 0.698. The van der Waals surface area contributed by atoms with Crippen molar-refractivity contribution in [2.75, 3.05) is 0 Å². The van der Waals surface area contributed by atoms with Gasteiger partial charge in [-0.3, -0.25) is 0 Å². The number of allylic oxidation sites excluding steroid dienone is 4. The van der Waals surface area contributed by atoms with Crippen LogP contribution in [0, 0.1) is 0 Å². The van der Waals surface area contributed by atoms with Gasteiger partial charge in [0, 0.05) is 0 Å². The first-order valence-electron chi connectivity index (χ1n) is 4.97. The Bertz CT molecular complexity index is 208. The predicted octanol–water partition coefficient (Wildman–Crippen LogP) is 2.95. The summed E-state index contributed by atoms with van der Waals surface area (Å²) in [5.41, 5.74) is 0. The van der Waals surface area contributed by atoms with E-state index in [9.17, 15) is 0 Å². The fraction of sp³-hybridized carbons (Fsp3) is 0.636. The third kappa shape index (κ3) is 3.34. The Morgan fingerprint density at radius 2 is 1.85 bits per heavy atom. The Hall–Kier alpha value is 0.0244. The maximum absolute atomic E-state index is 2.62. The summed E-state index contributed by atoms with van der Waals surface area (Å²) in [4.78, 5) is 0. The summed E-state index contributed by atoms with van der Waals surface area (Å²) in [6.45, 7) is 9.16. The predicted molar refractivity (Wildman–Crippen MR) is 54.0 cm³/mol. The molecule has 0 spiro atoms. The van der Waals surface area contributed by atoms with E-state index in [1.54, 1.807) is 4.28 Å². The van der Waals surface area contributed by atoms with Crippen molar-refractivity contribution in [1.82, 2.24) is 3.75 Å². The van der Waals surface area contributed by atoms with E-state index >= 15 is 0 Å². The van der Waals surface area contributed by atoms with Crippen LogP contribution in [0.4, 0.5) is 0 Å². The molecule has 0 aromatic carbocycles. The molecular formula is C11H19NV. The first kappa shape index (κ1) is 11.1. The molecule has 1 aliphatic carbocycles. The van der Waals surface area contributed by atoms with Crippen molar-refractivity contribution in [3.05, 3.63) is 22.5 Å². The van der Waals surface area contributed by atoms with Crippen LogP contribution in [0.1, 0.15) is 34.1 Å². The zero-order valence-corrected chi connectivity index (χ0v) is 10.4. The molecule has 0 unspecified atom stereocenters. The summed E-state index contributed by atoms with van der Waals surface area (Å²) < 4.78 is 4.26. The fourth-order valence-corrected chi connectivity index (χ4v) is 3.20. The molecule has 0 aliphatic heterocycles. The Labute approximate surface area is 89.2 Å². The van der Waals surface area contributed by atoms with Gasteiger partial charge >= 0.3 is 89.0 Å². The SMILES string of the molecule is CC(C)[N]([V][C]1=CC=CC1)C(C)C. The molecule has 0 amide bonds. The van der Waals surface area contributed by atoms with Crippen molar-refractivity contribution in [3.63, 3.8) is 0 Å². The zero-order valence-electron chi connectivity index (χ0n) is 8.99. The second-order valence-electron chi connectivity index (χ2n) is 3.96. The number of rotatable bonds is 4. The Balaban J connectivity index is 2.48. The molecule has 2 heteroatoms. The van der Waals surface area contributed by atoms with Crippen LogP contribution in [0.3, 0.4) is 0 Å². The first-order chi connectivity index (χ1) is 6.11. The van der Waals surface area contributed by atoms with Crippen LogP contribution in [0.5, 0.6) is 0 Å². The van der Waals surface area contributed by atoms with E-state index in [1.807, 2.05) is 0 Å². The summed E-state index contributed by atoms with van der Waals surface area (Å²) in [6, 6.07) is 1.36. The molecule has 0 N–H and O–H groups in total. The second-order valence-corrected chi connectivity index (χ2v) is 5.89. The van der Waals surface area contributed by atoms with Crippen molar-refractivity contribution in [1.29, 1.82) is 0 Å². The van der Waals surface area contributed by atoms with Gasteiger partial charge in [0.25, 0.3) is 0 Å². The second kappa shape index (κ2) is 5.04. The monoisotopic (exact) mass is 216 g/mol. The van der Waals surface area contributed by atoms with Gasteiger partial charge in [-0.25, -0.2) is 0 Å². The molecule has 0 saturated heterocycles. The van der Waals surface area contributed by atoms with Crippen LogP contribution < -0.4 is 0 Å². The van der Waals surface area contributed by atoms with Crippen LogP contribution in [-0.2, 0) is 16.5 Å². The Morgan fingerprint density at radius 3 is 2.23 bits per heavy atom. The van der Waals surface area contributed by atoms with Crippen molar-refractivity contribution in [3.8, 4) is 0 Å². The van der Waals surface area contributed by atoms with Gasteiger partial charge in [0.2, 0.25) is 0 Å². The first-order valence-corrected chi connectivity index (χ1v) is 6.29. The minimum atomic E-state index is 0.258. The van der Waals surface area contributed by atoms with Gasteiger partial charge in [-0.05, 0) is 0 Å². The van der Waals surface area contributed by atoms with E-state index in [4.69, 9.17) is 0 Å². The van der Waals surface area contributed by atoms with Crippen LogP contribution in [-0.4, -0.2) is 15.8 Å². The van der Waals surface area contributed by atoms with Gasteiger partial charge in [0.15, 0.2) is 0 Å². The van der Waals surface area contributed by atoms with Gasteiger partial charge < -0.3 is 0 Å². The number of nitrogens with zero attached hydrogens (tertiary/aromatic N) is 1. The van der Waals surface area contributed by atoms with E-state index in [2.05, 4.69) is 49.7 Å². The van der Waals surface area contributed by atoms with Crippen molar-refractivity contribution >= 4 is 0 Å². The van der Waals surface area contributed by atoms with Crippen molar-refractivity contribution < 1.29 is 16.5 Å². The molecule has 13 heavy (non-hydrogen) atoms. The third-order valence-corrected chi connectivity index (χ3v) is 4.78. The standard InChI is InChI=1S/C6H14N.C5H5.V/c1-5(2)7-6(3)4;1-2-4-5-3-1;/h5-6H,1-4H3;1-3H,4H2;/q-1;;+1. The molecule has 0 saturated carbocycles. The molecule has 0 bridgehead atoms. The van der Waals surface area contributed by atoms with Crippen LogP contribution in [0.15, 0.2) is 22.5 Å². The van der Waals surface area contributed by atoms with E-state index in [1.165, 1.54) is 6.42 Å². The average Bonchev–Trinajstić information content (AvgIpc) is 2.50. The summed E-state index contributed by atoms with van der Waals surface area (Å²) in [6.07, 6.45) is 7.92. The average molecular weight is 216 g/mol. The summed E-state index contributed by atoms with van der Waals surface area (Å²) in [7, 11) is 0. The molecule has 0 atom stereocenters. The third-order valence-electron chi connectivity index (χ3n) is 2.05. The van der Waals surface area contributed by atoms with E-state index < -0.39 is 0 Å². The minimum absolute atomic E-state index is 0.258. The fourth-order valence-electron chi connectivity index (χ4n) is 1.49. The number of hydrogen-bond acceptors (Lipinski definition) is 1. The molecule has 1 nitrogen and oxygen atoms in total. The van der Waals surface area contributed by atoms with Gasteiger partial charge in [-0.15, -0.1) is 0 Å². The molecule has 1 aliphatic rings. The number of hydrogen-bond donors (Lipinski definition) is 0. The summed E-state index contributed by atoms with van der Waals surface area (Å²) in [5, 5.41) is 0. The van der Waals surface area contributed by atoms with E-state index in [0.29, 0.717) is 12.1 Å². The molecule has 0 aromatic rings. The molecule has 0 radical (unpaired) electrons. The molecule has 73 valence electrons. The molecular weight excluding hydrogens is 197 g/mol. The molecule has 1 rings (SSSR count). The van der Waals surface area contributed by atoms with E-state index in [0.717, 1.165) is 0 Å².